The predicted octanol–water partition coefficient (Wildman–Crippen LogP) is 5.21. The first kappa shape index (κ1) is 19.6. The molecule has 4 rings (SSSR count). The average molecular weight is 410 g/mol. The van der Waals surface area contributed by atoms with Crippen molar-refractivity contribution in [1.29, 1.82) is 0 Å². The number of fused-ring (bicyclic) bond motifs is 1. The molecule has 1 aliphatic heterocycles. The van der Waals surface area contributed by atoms with Crippen LogP contribution in [-0.4, -0.2) is 30.8 Å². The fourth-order valence-corrected chi connectivity index (χ4v) is 4.30. The average Bonchev–Trinajstić information content (AvgIpc) is 2.74. The summed E-state index contributed by atoms with van der Waals surface area (Å²) in [6, 6.07) is 19.6. The van der Waals surface area contributed by atoms with Crippen LogP contribution in [0.1, 0.15) is 28.3 Å². The summed E-state index contributed by atoms with van der Waals surface area (Å²) in [5, 5.41) is 11.0. The minimum absolute atomic E-state index is 0.00291. The van der Waals surface area contributed by atoms with E-state index < -0.39 is 0 Å². The molecule has 0 spiro atoms. The molecule has 3 aromatic carbocycles. The molecular weight excluding hydrogens is 386 g/mol. The third-order valence-corrected chi connectivity index (χ3v) is 5.74. The van der Waals surface area contributed by atoms with E-state index in [1.807, 2.05) is 36.4 Å². The molecule has 0 amide bonds. The molecule has 0 radical (unpaired) electrons. The van der Waals surface area contributed by atoms with Crippen molar-refractivity contribution in [2.45, 2.75) is 19.0 Å². The summed E-state index contributed by atoms with van der Waals surface area (Å²) in [4.78, 5) is 2.37. The molecular formula is C24H24ClNO3. The van der Waals surface area contributed by atoms with Crippen LogP contribution in [0.2, 0.25) is 5.02 Å². The molecule has 3 aromatic rings. The number of nitrogens with zero attached hydrogens (tertiary/aromatic N) is 1. The van der Waals surface area contributed by atoms with Gasteiger partial charge in [-0.25, -0.2) is 0 Å². The SMILES string of the molecule is COc1cc2c(cc1OC)[C@@H](c1cccc(Cl)c1)N(Cc1ccccc1O)CC2. The summed E-state index contributed by atoms with van der Waals surface area (Å²) in [5.74, 6) is 1.77. The highest BCUT2D eigenvalue weighted by atomic mass is 35.5. The maximum atomic E-state index is 10.3. The molecule has 1 N–H and O–H groups in total. The summed E-state index contributed by atoms with van der Waals surface area (Å²) < 4.78 is 11.1. The summed E-state index contributed by atoms with van der Waals surface area (Å²) >= 11 is 6.33. The Bertz CT molecular complexity index is 1020. The lowest BCUT2D eigenvalue weighted by Crippen LogP contribution is -2.35. The number of methoxy groups -OCH3 is 2. The first-order valence-electron chi connectivity index (χ1n) is 9.62. The second-order valence-electron chi connectivity index (χ2n) is 7.21. The zero-order chi connectivity index (χ0) is 20.4. The van der Waals surface area contributed by atoms with E-state index in [9.17, 15) is 5.11 Å². The number of rotatable bonds is 5. The van der Waals surface area contributed by atoms with Crippen molar-refractivity contribution >= 4 is 11.6 Å². The highest BCUT2D eigenvalue weighted by molar-refractivity contribution is 6.30. The summed E-state index contributed by atoms with van der Waals surface area (Å²) in [7, 11) is 3.31. The number of hydrogen-bond acceptors (Lipinski definition) is 4. The standard InChI is InChI=1S/C24H24ClNO3/c1-28-22-13-16-10-11-26(15-18-6-3-4-9-21(18)27)24(20(16)14-23(22)29-2)17-7-5-8-19(25)12-17/h3-9,12-14,24,27H,10-11,15H2,1-2H3/t24-/m1/s1. The van der Waals surface area contributed by atoms with Crippen molar-refractivity contribution in [2.75, 3.05) is 20.8 Å². The van der Waals surface area contributed by atoms with E-state index in [1.54, 1.807) is 20.3 Å². The van der Waals surface area contributed by atoms with E-state index in [1.165, 1.54) is 11.1 Å². The van der Waals surface area contributed by atoms with Gasteiger partial charge >= 0.3 is 0 Å². The van der Waals surface area contributed by atoms with Crippen molar-refractivity contribution in [1.82, 2.24) is 4.90 Å². The zero-order valence-corrected chi connectivity index (χ0v) is 17.3. The second-order valence-corrected chi connectivity index (χ2v) is 7.65. The lowest BCUT2D eigenvalue weighted by Gasteiger charge is -2.38. The van der Waals surface area contributed by atoms with Gasteiger partial charge in [0.15, 0.2) is 11.5 Å². The second kappa shape index (κ2) is 8.36. The molecule has 0 unspecified atom stereocenters. The summed E-state index contributed by atoms with van der Waals surface area (Å²) in [6.07, 6.45) is 0.889. The van der Waals surface area contributed by atoms with Gasteiger partial charge in [-0.05, 0) is 53.4 Å². The van der Waals surface area contributed by atoms with Gasteiger partial charge in [0.2, 0.25) is 0 Å². The molecule has 0 saturated heterocycles. The van der Waals surface area contributed by atoms with Gasteiger partial charge in [-0.3, -0.25) is 4.90 Å². The van der Waals surface area contributed by atoms with E-state index in [4.69, 9.17) is 21.1 Å². The van der Waals surface area contributed by atoms with Gasteiger partial charge in [-0.1, -0.05) is 41.9 Å². The summed E-state index contributed by atoms with van der Waals surface area (Å²) in [5.41, 5.74) is 4.43. The predicted molar refractivity (Wildman–Crippen MR) is 115 cm³/mol. The normalized spacial score (nSPS) is 16.3. The highest BCUT2D eigenvalue weighted by Gasteiger charge is 2.31. The van der Waals surface area contributed by atoms with E-state index in [0.717, 1.165) is 29.8 Å². The molecule has 0 bridgehead atoms. The van der Waals surface area contributed by atoms with Gasteiger partial charge in [-0.2, -0.15) is 0 Å². The maximum absolute atomic E-state index is 10.3. The van der Waals surface area contributed by atoms with Crippen LogP contribution in [-0.2, 0) is 13.0 Å². The Labute approximate surface area is 176 Å². The molecule has 1 aliphatic rings. The Hall–Kier alpha value is -2.69. The molecule has 1 atom stereocenters. The third-order valence-electron chi connectivity index (χ3n) is 5.50. The Morgan fingerprint density at radius 2 is 1.76 bits per heavy atom. The molecule has 0 aliphatic carbocycles. The molecule has 29 heavy (non-hydrogen) atoms. The number of aromatic hydroxyl groups is 1. The van der Waals surface area contributed by atoms with Gasteiger partial charge in [0.25, 0.3) is 0 Å². The maximum Gasteiger partial charge on any atom is 0.161 e. The van der Waals surface area contributed by atoms with E-state index in [-0.39, 0.29) is 6.04 Å². The van der Waals surface area contributed by atoms with Gasteiger partial charge in [0.1, 0.15) is 5.75 Å². The van der Waals surface area contributed by atoms with Crippen LogP contribution in [0.15, 0.2) is 60.7 Å². The van der Waals surface area contributed by atoms with Gasteiger partial charge in [0, 0.05) is 23.7 Å². The Balaban J connectivity index is 1.82. The number of para-hydroxylation sites is 1. The number of phenols is 1. The van der Waals surface area contributed by atoms with Crippen LogP contribution < -0.4 is 9.47 Å². The van der Waals surface area contributed by atoms with Gasteiger partial charge in [0.05, 0.1) is 20.3 Å². The van der Waals surface area contributed by atoms with Crippen LogP contribution in [0.25, 0.3) is 0 Å². The molecule has 0 fully saturated rings. The van der Waals surface area contributed by atoms with Crippen molar-refractivity contribution in [2.24, 2.45) is 0 Å². The molecule has 0 aromatic heterocycles. The Morgan fingerprint density at radius 1 is 1.00 bits per heavy atom. The first-order chi connectivity index (χ1) is 14.1. The van der Waals surface area contributed by atoms with Crippen LogP contribution in [0.3, 0.4) is 0 Å². The monoisotopic (exact) mass is 409 g/mol. The minimum Gasteiger partial charge on any atom is -0.508 e. The van der Waals surface area contributed by atoms with Gasteiger partial charge in [-0.15, -0.1) is 0 Å². The fraction of sp³-hybridized carbons (Fsp3) is 0.250. The number of ether oxygens (including phenoxy) is 2. The zero-order valence-electron chi connectivity index (χ0n) is 16.6. The smallest absolute Gasteiger partial charge is 0.161 e. The fourth-order valence-electron chi connectivity index (χ4n) is 4.10. The molecule has 0 saturated carbocycles. The minimum atomic E-state index is -0.00291. The Morgan fingerprint density at radius 3 is 2.48 bits per heavy atom. The molecule has 4 nitrogen and oxygen atoms in total. The Kier molecular flexibility index (Phi) is 5.65. The quantitative estimate of drug-likeness (QED) is 0.628. The van der Waals surface area contributed by atoms with Crippen molar-refractivity contribution in [3.63, 3.8) is 0 Å². The van der Waals surface area contributed by atoms with E-state index in [0.29, 0.717) is 23.1 Å². The van der Waals surface area contributed by atoms with Crippen molar-refractivity contribution < 1.29 is 14.6 Å². The third kappa shape index (κ3) is 3.91. The lowest BCUT2D eigenvalue weighted by atomic mass is 9.87. The van der Waals surface area contributed by atoms with Crippen LogP contribution in [0.5, 0.6) is 17.2 Å². The number of phenolic OH excluding ortho intramolecular Hbond substituents is 1. The van der Waals surface area contributed by atoms with E-state index >= 15 is 0 Å². The van der Waals surface area contributed by atoms with Crippen LogP contribution in [0.4, 0.5) is 0 Å². The topological polar surface area (TPSA) is 41.9 Å². The molecule has 150 valence electrons. The highest BCUT2D eigenvalue weighted by Crippen LogP contribution is 2.42. The molecule has 5 heteroatoms. The first-order valence-corrected chi connectivity index (χ1v) is 9.99. The van der Waals surface area contributed by atoms with Crippen molar-refractivity contribution in [3.8, 4) is 17.2 Å². The number of hydrogen-bond donors (Lipinski definition) is 1. The summed E-state index contributed by atoms with van der Waals surface area (Å²) in [6.45, 7) is 1.49. The lowest BCUT2D eigenvalue weighted by molar-refractivity contribution is 0.201. The number of halogens is 1. The molecule has 1 heterocycles. The number of benzene rings is 3. The van der Waals surface area contributed by atoms with E-state index in [2.05, 4.69) is 23.1 Å². The van der Waals surface area contributed by atoms with Crippen LogP contribution >= 0.6 is 11.6 Å². The largest absolute Gasteiger partial charge is 0.508 e. The van der Waals surface area contributed by atoms with Gasteiger partial charge < -0.3 is 14.6 Å². The van der Waals surface area contributed by atoms with Crippen LogP contribution in [0, 0.1) is 0 Å². The van der Waals surface area contributed by atoms with Crippen molar-refractivity contribution in [3.05, 3.63) is 87.9 Å².